The third-order valence-corrected chi connectivity index (χ3v) is 4.66. The molecule has 1 aromatic carbocycles. The molecule has 0 spiro atoms. The Labute approximate surface area is 114 Å². The van der Waals surface area contributed by atoms with Gasteiger partial charge >= 0.3 is 0 Å². The molecule has 0 aromatic heterocycles. The maximum Gasteiger partial charge on any atom is 0.254 e. The van der Waals surface area contributed by atoms with Crippen molar-refractivity contribution in [1.29, 1.82) is 0 Å². The summed E-state index contributed by atoms with van der Waals surface area (Å²) < 4.78 is 0. The summed E-state index contributed by atoms with van der Waals surface area (Å²) in [6, 6.07) is 9.71. The van der Waals surface area contributed by atoms with E-state index in [1.165, 1.54) is 0 Å². The number of aliphatic hydroxyl groups excluding tert-OH is 1. The van der Waals surface area contributed by atoms with Crippen molar-refractivity contribution >= 4 is 5.91 Å². The number of amides is 1. The first-order valence-electron chi connectivity index (χ1n) is 7.17. The minimum Gasteiger partial charge on any atom is -0.393 e. The van der Waals surface area contributed by atoms with Crippen molar-refractivity contribution in [2.45, 2.75) is 56.7 Å². The monoisotopic (exact) mass is 259 g/mol. The van der Waals surface area contributed by atoms with Gasteiger partial charge in [0.2, 0.25) is 0 Å². The quantitative estimate of drug-likeness (QED) is 0.842. The Balaban J connectivity index is 1.93. The van der Waals surface area contributed by atoms with Crippen LogP contribution < -0.4 is 0 Å². The van der Waals surface area contributed by atoms with Gasteiger partial charge in [0, 0.05) is 17.1 Å². The van der Waals surface area contributed by atoms with Crippen LogP contribution in [0.2, 0.25) is 0 Å². The van der Waals surface area contributed by atoms with Gasteiger partial charge in [-0.3, -0.25) is 4.79 Å². The van der Waals surface area contributed by atoms with Crippen molar-refractivity contribution in [3.05, 3.63) is 35.9 Å². The summed E-state index contributed by atoms with van der Waals surface area (Å²) in [5.41, 5.74) is 0.588. The highest BCUT2D eigenvalue weighted by molar-refractivity contribution is 5.95. The minimum absolute atomic E-state index is 0.125. The van der Waals surface area contributed by atoms with E-state index in [1.54, 1.807) is 0 Å². The summed E-state index contributed by atoms with van der Waals surface area (Å²) in [5.74, 6) is 0.125. The second-order valence-corrected chi connectivity index (χ2v) is 6.18. The standard InChI is InChI=1S/C16H21NO2/c1-16-9-5-8-13(10-14(18)11-16)17(16)15(19)12-6-3-2-4-7-12/h2-4,6-7,13-14,18H,5,8-11H2,1H3/t13-,14-,16+/m0/s1. The second-order valence-electron chi connectivity index (χ2n) is 6.18. The number of piperidine rings is 2. The van der Waals surface area contributed by atoms with Gasteiger partial charge in [0.25, 0.3) is 5.91 Å². The van der Waals surface area contributed by atoms with E-state index in [4.69, 9.17) is 0 Å². The minimum atomic E-state index is -0.255. The highest BCUT2D eigenvalue weighted by Gasteiger charge is 2.48. The van der Waals surface area contributed by atoms with Crippen LogP contribution in [0.1, 0.15) is 49.4 Å². The molecule has 3 atom stereocenters. The molecule has 3 heteroatoms. The summed E-state index contributed by atoms with van der Waals surface area (Å²) in [7, 11) is 0. The van der Waals surface area contributed by atoms with Crippen LogP contribution in [0.4, 0.5) is 0 Å². The lowest BCUT2D eigenvalue weighted by atomic mass is 9.74. The van der Waals surface area contributed by atoms with Gasteiger partial charge in [-0.05, 0) is 51.2 Å². The van der Waals surface area contributed by atoms with E-state index in [1.807, 2.05) is 30.3 Å². The summed E-state index contributed by atoms with van der Waals surface area (Å²) in [6.45, 7) is 2.13. The van der Waals surface area contributed by atoms with Crippen molar-refractivity contribution in [1.82, 2.24) is 4.90 Å². The molecule has 0 saturated carbocycles. The lowest BCUT2D eigenvalue weighted by molar-refractivity contribution is -0.0586. The fourth-order valence-corrected chi connectivity index (χ4v) is 3.87. The maximum absolute atomic E-state index is 12.8. The molecule has 0 radical (unpaired) electrons. The number of benzene rings is 1. The van der Waals surface area contributed by atoms with E-state index in [0.717, 1.165) is 31.2 Å². The van der Waals surface area contributed by atoms with Crippen molar-refractivity contribution in [3.63, 3.8) is 0 Å². The molecule has 1 aromatic rings. The Morgan fingerprint density at radius 2 is 2.11 bits per heavy atom. The molecule has 1 amide bonds. The van der Waals surface area contributed by atoms with Gasteiger partial charge in [0.05, 0.1) is 6.10 Å². The fourth-order valence-electron chi connectivity index (χ4n) is 3.87. The van der Waals surface area contributed by atoms with Crippen LogP contribution in [0.15, 0.2) is 30.3 Å². The van der Waals surface area contributed by atoms with E-state index >= 15 is 0 Å². The summed E-state index contributed by atoms with van der Waals surface area (Å²) >= 11 is 0. The van der Waals surface area contributed by atoms with Crippen LogP contribution in [-0.2, 0) is 0 Å². The van der Waals surface area contributed by atoms with Crippen LogP contribution in [-0.4, -0.2) is 33.6 Å². The predicted molar refractivity (Wildman–Crippen MR) is 73.9 cm³/mol. The number of carbonyl (C=O) groups excluding carboxylic acids is 1. The Morgan fingerprint density at radius 1 is 1.37 bits per heavy atom. The molecule has 2 aliphatic rings. The molecule has 1 N–H and O–H groups in total. The largest absolute Gasteiger partial charge is 0.393 e. The van der Waals surface area contributed by atoms with E-state index in [2.05, 4.69) is 11.8 Å². The summed E-state index contributed by atoms with van der Waals surface area (Å²) in [6.07, 6.45) is 4.36. The smallest absolute Gasteiger partial charge is 0.254 e. The SMILES string of the molecule is C[C@@]12CCC[C@@H](C[C@H](O)C1)N2C(=O)c1ccccc1. The van der Waals surface area contributed by atoms with Crippen LogP contribution in [0.3, 0.4) is 0 Å². The Kier molecular flexibility index (Phi) is 3.09. The fraction of sp³-hybridized carbons (Fsp3) is 0.562. The van der Waals surface area contributed by atoms with Gasteiger partial charge in [-0.15, -0.1) is 0 Å². The zero-order chi connectivity index (χ0) is 13.5. The Bertz CT molecular complexity index is 473. The third kappa shape index (κ3) is 2.16. The molecule has 2 saturated heterocycles. The van der Waals surface area contributed by atoms with Crippen molar-refractivity contribution in [3.8, 4) is 0 Å². The first kappa shape index (κ1) is 12.7. The van der Waals surface area contributed by atoms with Crippen molar-refractivity contribution in [2.75, 3.05) is 0 Å². The summed E-state index contributed by atoms with van der Waals surface area (Å²) in [4.78, 5) is 14.8. The van der Waals surface area contributed by atoms with Crippen LogP contribution in [0.5, 0.6) is 0 Å². The zero-order valence-corrected chi connectivity index (χ0v) is 11.4. The van der Waals surface area contributed by atoms with Crippen molar-refractivity contribution < 1.29 is 9.90 Å². The lowest BCUT2D eigenvalue weighted by Crippen LogP contribution is -2.62. The second kappa shape index (κ2) is 4.64. The summed E-state index contributed by atoms with van der Waals surface area (Å²) in [5, 5.41) is 10.0. The average molecular weight is 259 g/mol. The Hall–Kier alpha value is -1.35. The van der Waals surface area contributed by atoms with Gasteiger partial charge in [0.1, 0.15) is 0 Å². The Morgan fingerprint density at radius 3 is 2.79 bits per heavy atom. The van der Waals surface area contributed by atoms with E-state index in [-0.39, 0.29) is 23.6 Å². The number of carbonyl (C=O) groups is 1. The normalized spacial score (nSPS) is 34.1. The molecule has 0 aliphatic carbocycles. The van der Waals surface area contributed by atoms with Gasteiger partial charge in [-0.1, -0.05) is 18.2 Å². The molecule has 2 heterocycles. The van der Waals surface area contributed by atoms with Crippen LogP contribution >= 0.6 is 0 Å². The van der Waals surface area contributed by atoms with E-state index in [0.29, 0.717) is 6.42 Å². The number of hydrogen-bond donors (Lipinski definition) is 1. The van der Waals surface area contributed by atoms with E-state index < -0.39 is 0 Å². The molecule has 102 valence electrons. The van der Waals surface area contributed by atoms with Gasteiger partial charge in [-0.2, -0.15) is 0 Å². The third-order valence-electron chi connectivity index (χ3n) is 4.66. The first-order chi connectivity index (χ1) is 9.10. The molecule has 0 unspecified atom stereocenters. The zero-order valence-electron chi connectivity index (χ0n) is 11.4. The first-order valence-corrected chi connectivity index (χ1v) is 7.17. The lowest BCUT2D eigenvalue weighted by Gasteiger charge is -2.54. The number of nitrogens with zero attached hydrogens (tertiary/aromatic N) is 1. The van der Waals surface area contributed by atoms with Gasteiger partial charge in [0.15, 0.2) is 0 Å². The molecule has 3 rings (SSSR count). The molecule has 2 fully saturated rings. The number of fused-ring (bicyclic) bond motifs is 2. The maximum atomic E-state index is 12.8. The molecule has 19 heavy (non-hydrogen) atoms. The molecular weight excluding hydrogens is 238 g/mol. The molecule has 2 aliphatic heterocycles. The van der Waals surface area contributed by atoms with Gasteiger partial charge < -0.3 is 10.0 Å². The van der Waals surface area contributed by atoms with Crippen LogP contribution in [0.25, 0.3) is 0 Å². The van der Waals surface area contributed by atoms with E-state index in [9.17, 15) is 9.90 Å². The highest BCUT2D eigenvalue weighted by atomic mass is 16.3. The topological polar surface area (TPSA) is 40.5 Å². The van der Waals surface area contributed by atoms with Crippen LogP contribution in [0, 0.1) is 0 Å². The van der Waals surface area contributed by atoms with Gasteiger partial charge in [-0.25, -0.2) is 0 Å². The molecule has 3 nitrogen and oxygen atoms in total. The van der Waals surface area contributed by atoms with Crippen molar-refractivity contribution in [2.24, 2.45) is 0 Å². The number of hydrogen-bond acceptors (Lipinski definition) is 2. The average Bonchev–Trinajstić information content (AvgIpc) is 2.37. The number of rotatable bonds is 1. The highest BCUT2D eigenvalue weighted by Crippen LogP contribution is 2.42. The molecular formula is C16H21NO2. The number of aliphatic hydroxyl groups is 1. The molecule has 2 bridgehead atoms. The predicted octanol–water partition coefficient (Wildman–Crippen LogP) is 2.59.